The quantitative estimate of drug-likeness (QED) is 0.143. The predicted molar refractivity (Wildman–Crippen MR) is 168 cm³/mol. The van der Waals surface area contributed by atoms with Gasteiger partial charge in [0.05, 0.1) is 51.9 Å². The summed E-state index contributed by atoms with van der Waals surface area (Å²) in [6.45, 7) is 2.82. The number of carbonyl (C=O) groups is 5. The summed E-state index contributed by atoms with van der Waals surface area (Å²) in [5, 5.41) is 5.45. The minimum Gasteiger partial charge on any atom is -0.379 e. The van der Waals surface area contributed by atoms with Gasteiger partial charge in [-0.25, -0.2) is 0 Å². The van der Waals surface area contributed by atoms with Crippen molar-refractivity contribution >= 4 is 35.2 Å². The largest absolute Gasteiger partial charge is 0.379 e. The number of hydrogen-bond donors (Lipinski definition) is 2. The van der Waals surface area contributed by atoms with Crippen molar-refractivity contribution < 1.29 is 38.2 Å². The number of ether oxygens (including phenoxy) is 3. The molecule has 12 nitrogen and oxygen atoms in total. The molecule has 0 saturated carbocycles. The van der Waals surface area contributed by atoms with Crippen LogP contribution in [0.15, 0.2) is 60.7 Å². The summed E-state index contributed by atoms with van der Waals surface area (Å²) in [7, 11) is 0. The number of amides is 5. The van der Waals surface area contributed by atoms with Crippen LogP contribution in [-0.2, 0) is 44.7 Å². The number of nitrogens with one attached hydrogen (secondary N) is 2. The second-order valence-corrected chi connectivity index (χ2v) is 10.4. The molecule has 0 atom stereocenters. The van der Waals surface area contributed by atoms with E-state index in [9.17, 15) is 24.0 Å². The normalized spacial score (nSPS) is 13.3. The van der Waals surface area contributed by atoms with Crippen molar-refractivity contribution in [3.8, 4) is 11.8 Å². The summed E-state index contributed by atoms with van der Waals surface area (Å²) in [6.07, 6.45) is 2.72. The maximum absolute atomic E-state index is 13.2. The molecule has 0 aromatic heterocycles. The Labute approximate surface area is 268 Å². The van der Waals surface area contributed by atoms with E-state index in [-0.39, 0.29) is 56.7 Å². The van der Waals surface area contributed by atoms with E-state index in [2.05, 4.69) is 22.5 Å². The Morgan fingerprint density at radius 1 is 0.674 bits per heavy atom. The predicted octanol–water partition coefficient (Wildman–Crippen LogP) is 1.31. The van der Waals surface area contributed by atoms with E-state index in [0.29, 0.717) is 46.1 Å². The molecule has 12 heteroatoms. The van der Waals surface area contributed by atoms with Crippen molar-refractivity contribution in [2.75, 3.05) is 64.2 Å². The summed E-state index contributed by atoms with van der Waals surface area (Å²) in [5.41, 5.74) is 3.41. The number of anilines is 1. The van der Waals surface area contributed by atoms with Crippen LogP contribution in [0, 0.1) is 11.8 Å². The van der Waals surface area contributed by atoms with Gasteiger partial charge in [-0.3, -0.25) is 28.9 Å². The molecule has 46 heavy (non-hydrogen) atoms. The monoisotopic (exact) mass is 630 g/mol. The van der Waals surface area contributed by atoms with Gasteiger partial charge >= 0.3 is 0 Å². The van der Waals surface area contributed by atoms with E-state index in [1.807, 2.05) is 48.5 Å². The zero-order valence-electron chi connectivity index (χ0n) is 25.6. The summed E-state index contributed by atoms with van der Waals surface area (Å²) in [6, 6.07) is 15.3. The van der Waals surface area contributed by atoms with Crippen LogP contribution in [0.5, 0.6) is 0 Å². The second kappa shape index (κ2) is 18.2. The number of imide groups is 1. The van der Waals surface area contributed by atoms with Crippen molar-refractivity contribution in [3.63, 3.8) is 0 Å². The lowest BCUT2D eigenvalue weighted by Gasteiger charge is -2.26. The fourth-order valence-electron chi connectivity index (χ4n) is 4.66. The fourth-order valence-corrected chi connectivity index (χ4v) is 4.66. The first-order valence-electron chi connectivity index (χ1n) is 15.2. The highest BCUT2D eigenvalue weighted by molar-refractivity contribution is 6.13. The number of nitrogens with zero attached hydrogens (tertiary/aromatic N) is 2. The molecule has 0 unspecified atom stereocenters. The summed E-state index contributed by atoms with van der Waals surface area (Å²) in [4.78, 5) is 63.0. The Kier molecular flexibility index (Phi) is 13.5. The van der Waals surface area contributed by atoms with Gasteiger partial charge in [-0.2, -0.15) is 0 Å². The van der Waals surface area contributed by atoms with Crippen molar-refractivity contribution in [2.24, 2.45) is 0 Å². The molecule has 0 fully saturated rings. The van der Waals surface area contributed by atoms with Crippen LogP contribution in [0.1, 0.15) is 36.0 Å². The first-order valence-corrected chi connectivity index (χ1v) is 15.2. The van der Waals surface area contributed by atoms with E-state index in [1.54, 1.807) is 4.90 Å². The van der Waals surface area contributed by atoms with E-state index in [0.717, 1.165) is 27.3 Å². The first kappa shape index (κ1) is 34.1. The van der Waals surface area contributed by atoms with Gasteiger partial charge in [-0.05, 0) is 23.8 Å². The molecule has 0 saturated heterocycles. The summed E-state index contributed by atoms with van der Waals surface area (Å²) >= 11 is 0. The summed E-state index contributed by atoms with van der Waals surface area (Å²) in [5.74, 6) is 4.99. The number of para-hydroxylation sites is 1. The SMILES string of the molecule is O=C(CCOCCOCCOCCNC(=O)CCN1C(=O)C=CC1=O)NCCC(=O)N1Cc2ccccc2C#Cc2ccccc21. The summed E-state index contributed by atoms with van der Waals surface area (Å²) < 4.78 is 16.3. The average molecular weight is 631 g/mol. The minimum atomic E-state index is -0.410. The Bertz CT molecular complexity index is 1480. The van der Waals surface area contributed by atoms with Crippen LogP contribution in [0.25, 0.3) is 0 Å². The van der Waals surface area contributed by atoms with Gasteiger partial charge in [0.2, 0.25) is 17.7 Å². The molecule has 0 radical (unpaired) electrons. The molecule has 2 aliphatic rings. The molecule has 5 amide bonds. The minimum absolute atomic E-state index is 0.0317. The third-order valence-electron chi connectivity index (χ3n) is 7.08. The highest BCUT2D eigenvalue weighted by Gasteiger charge is 2.23. The van der Waals surface area contributed by atoms with Crippen LogP contribution in [0.4, 0.5) is 5.69 Å². The zero-order chi connectivity index (χ0) is 32.6. The van der Waals surface area contributed by atoms with Gasteiger partial charge in [-0.15, -0.1) is 0 Å². The third-order valence-corrected chi connectivity index (χ3v) is 7.08. The van der Waals surface area contributed by atoms with Crippen LogP contribution < -0.4 is 15.5 Å². The number of hydrogen-bond acceptors (Lipinski definition) is 8. The maximum Gasteiger partial charge on any atom is 0.253 e. The lowest BCUT2D eigenvalue weighted by atomic mass is 10.0. The van der Waals surface area contributed by atoms with Crippen molar-refractivity contribution in [3.05, 3.63) is 77.4 Å². The number of carbonyl (C=O) groups excluding carboxylic acids is 5. The Balaban J connectivity index is 0.990. The second-order valence-electron chi connectivity index (χ2n) is 10.4. The van der Waals surface area contributed by atoms with Crippen molar-refractivity contribution in [1.29, 1.82) is 0 Å². The van der Waals surface area contributed by atoms with Crippen molar-refractivity contribution in [1.82, 2.24) is 15.5 Å². The van der Waals surface area contributed by atoms with Crippen LogP contribution in [-0.4, -0.2) is 93.7 Å². The van der Waals surface area contributed by atoms with E-state index < -0.39 is 11.8 Å². The van der Waals surface area contributed by atoms with Crippen LogP contribution >= 0.6 is 0 Å². The average Bonchev–Trinajstić information content (AvgIpc) is 3.37. The first-order chi connectivity index (χ1) is 22.4. The lowest BCUT2D eigenvalue weighted by molar-refractivity contribution is -0.137. The van der Waals surface area contributed by atoms with Gasteiger partial charge in [0.25, 0.3) is 11.8 Å². The molecule has 2 N–H and O–H groups in total. The highest BCUT2D eigenvalue weighted by atomic mass is 16.5. The Morgan fingerprint density at radius 2 is 1.26 bits per heavy atom. The van der Waals surface area contributed by atoms with Gasteiger partial charge in [0.1, 0.15) is 0 Å². The smallest absolute Gasteiger partial charge is 0.253 e. The zero-order valence-corrected chi connectivity index (χ0v) is 25.6. The molecule has 2 aromatic rings. The number of rotatable bonds is 18. The highest BCUT2D eigenvalue weighted by Crippen LogP contribution is 2.25. The topological polar surface area (TPSA) is 144 Å². The molecule has 4 rings (SSSR count). The standard InChI is InChI=1S/C34H38N4O8/c39-30(14-18-37-32(41)11-12-33(37)42)36-17-20-45-22-24-46-23-21-44-19-15-31(40)35-16-13-34(43)38-25-28-7-2-1-5-26(28)9-10-27-6-3-4-8-29(27)38/h1-8,11-12H,13-25H2,(H,35,40)(H,36,39). The number of fused-ring (bicyclic) bond motifs is 2. The van der Waals surface area contributed by atoms with Crippen LogP contribution in [0.2, 0.25) is 0 Å². The van der Waals surface area contributed by atoms with E-state index in [4.69, 9.17) is 14.2 Å². The maximum atomic E-state index is 13.2. The number of benzene rings is 2. The molecule has 2 aromatic carbocycles. The molecular formula is C34H38N4O8. The van der Waals surface area contributed by atoms with Crippen LogP contribution in [0.3, 0.4) is 0 Å². The van der Waals surface area contributed by atoms with E-state index in [1.165, 1.54) is 12.2 Å². The molecule has 0 spiro atoms. The molecular weight excluding hydrogens is 592 g/mol. The Hall–Kier alpha value is -4.83. The Morgan fingerprint density at radius 3 is 2.02 bits per heavy atom. The molecule has 2 heterocycles. The lowest BCUT2D eigenvalue weighted by Crippen LogP contribution is -2.35. The van der Waals surface area contributed by atoms with Gasteiger partial charge in [-0.1, -0.05) is 42.2 Å². The fraction of sp³-hybridized carbons (Fsp3) is 0.382. The van der Waals surface area contributed by atoms with Gasteiger partial charge in [0, 0.05) is 62.2 Å². The molecule has 242 valence electrons. The van der Waals surface area contributed by atoms with E-state index >= 15 is 0 Å². The van der Waals surface area contributed by atoms with Crippen molar-refractivity contribution in [2.45, 2.75) is 25.8 Å². The van der Waals surface area contributed by atoms with Gasteiger partial charge in [0.15, 0.2) is 0 Å². The molecule has 0 bridgehead atoms. The van der Waals surface area contributed by atoms with Gasteiger partial charge < -0.3 is 29.7 Å². The molecule has 0 aliphatic carbocycles. The third kappa shape index (κ3) is 10.7. The molecule has 2 aliphatic heterocycles.